The van der Waals surface area contributed by atoms with Crippen molar-refractivity contribution in [2.75, 3.05) is 0 Å². The Morgan fingerprint density at radius 1 is 0.379 bits per heavy atom. The summed E-state index contributed by atoms with van der Waals surface area (Å²) in [5, 5.41) is 2.74. The van der Waals surface area contributed by atoms with E-state index in [0.29, 0.717) is 31.2 Å². The highest BCUT2D eigenvalue weighted by Crippen LogP contribution is 2.50. The van der Waals surface area contributed by atoms with Gasteiger partial charge >= 0.3 is 0 Å². The highest BCUT2D eigenvalue weighted by molar-refractivity contribution is 8.03. The van der Waals surface area contributed by atoms with Crippen LogP contribution in [0.4, 0.5) is 0 Å². The van der Waals surface area contributed by atoms with Gasteiger partial charge in [0, 0.05) is 55.7 Å². The number of hydrogen-bond acceptors (Lipinski definition) is 4. The Labute approximate surface area is 374 Å². The van der Waals surface area contributed by atoms with Gasteiger partial charge in [0.1, 0.15) is 10.9 Å². The molecule has 0 radical (unpaired) electrons. The highest BCUT2D eigenvalue weighted by Gasteiger charge is 2.34. The second-order valence-corrected chi connectivity index (χ2v) is 20.0. The van der Waals surface area contributed by atoms with Gasteiger partial charge in [-0.25, -0.2) is 0 Å². The van der Waals surface area contributed by atoms with Gasteiger partial charge in [-0.2, -0.15) is 0 Å². The largest absolute Gasteiger partial charge is 0.289 e. The van der Waals surface area contributed by atoms with E-state index in [2.05, 4.69) is 84.9 Å². The van der Waals surface area contributed by atoms with Crippen LogP contribution in [0.3, 0.4) is 0 Å². The summed E-state index contributed by atoms with van der Waals surface area (Å²) in [5.41, 5.74) is 3.55. The van der Waals surface area contributed by atoms with E-state index < -0.39 is 10.9 Å². The molecule has 0 atom stereocenters. The molecule has 58 heavy (non-hydrogen) atoms. The molecule has 8 aromatic rings. The Balaban J connectivity index is 1.22. The first-order chi connectivity index (χ1) is 28.3. The fourth-order valence-corrected chi connectivity index (χ4v) is 12.2. The Bertz CT molecular complexity index is 2610. The van der Waals surface area contributed by atoms with Crippen molar-refractivity contribution >= 4 is 98.4 Å². The number of rotatable bonds is 12. The SMILES string of the molecule is O=C(c1ccccc1)c1ccc(Sc2ccc(-c3ccc([S+](c4ccc(Cl)cc4)c4ccc(Cl)cc4)c(Sc4ccc(Cl)cc4)c3Sc3ccc(Cl)cc3)cc2)cc1. The van der Waals surface area contributed by atoms with E-state index in [0.717, 1.165) is 50.3 Å². The molecule has 0 aliphatic carbocycles. The standard InChI is InChI=1S/C49H31Cl4OS4/c50-35-10-22-41(23-11-35)56-48-45(32-6-18-39(19-7-32)55-40-20-8-34(9-21-40)47(54)33-4-2-1-3-5-33)30-31-46(49(48)57-42-24-12-36(51)13-25-42)58(43-26-14-37(52)15-27-43)44-28-16-38(53)17-29-44/h1-31H/q+1. The maximum absolute atomic E-state index is 13.0. The molecule has 284 valence electrons. The van der Waals surface area contributed by atoms with E-state index in [1.807, 2.05) is 103 Å². The van der Waals surface area contributed by atoms with Gasteiger partial charge in [0.05, 0.1) is 4.90 Å². The molecule has 0 saturated heterocycles. The lowest BCUT2D eigenvalue weighted by atomic mass is 10.0. The second-order valence-electron chi connectivity index (χ2n) is 12.9. The molecule has 9 heteroatoms. The molecule has 0 amide bonds. The van der Waals surface area contributed by atoms with Gasteiger partial charge in [0.15, 0.2) is 20.5 Å². The number of halogens is 4. The number of hydrogen-bond donors (Lipinski definition) is 0. The van der Waals surface area contributed by atoms with E-state index in [-0.39, 0.29) is 5.78 Å². The van der Waals surface area contributed by atoms with Gasteiger partial charge in [0.25, 0.3) is 0 Å². The summed E-state index contributed by atoms with van der Waals surface area (Å²) in [7, 11) is -0.523. The van der Waals surface area contributed by atoms with Crippen molar-refractivity contribution in [1.29, 1.82) is 0 Å². The van der Waals surface area contributed by atoms with Gasteiger partial charge in [-0.3, -0.25) is 4.79 Å². The Morgan fingerprint density at radius 3 is 1.28 bits per heavy atom. The summed E-state index contributed by atoms with van der Waals surface area (Å²) < 4.78 is 0. The summed E-state index contributed by atoms with van der Waals surface area (Å²) in [6.07, 6.45) is 0. The molecule has 8 rings (SSSR count). The lowest BCUT2D eigenvalue weighted by Gasteiger charge is -2.19. The van der Waals surface area contributed by atoms with E-state index in [1.54, 1.807) is 35.3 Å². The lowest BCUT2D eigenvalue weighted by Crippen LogP contribution is -2.07. The van der Waals surface area contributed by atoms with Crippen LogP contribution in [0.2, 0.25) is 20.1 Å². The lowest BCUT2D eigenvalue weighted by molar-refractivity contribution is 0.103. The molecule has 0 aliphatic rings. The molecule has 8 aromatic carbocycles. The minimum atomic E-state index is -0.523. The van der Waals surface area contributed by atoms with Crippen LogP contribution in [0.1, 0.15) is 15.9 Å². The van der Waals surface area contributed by atoms with Crippen molar-refractivity contribution in [2.24, 2.45) is 0 Å². The summed E-state index contributed by atoms with van der Waals surface area (Å²) in [5.74, 6) is 0.0153. The van der Waals surface area contributed by atoms with Crippen LogP contribution in [-0.2, 0) is 10.9 Å². The smallest absolute Gasteiger partial charge is 0.193 e. The van der Waals surface area contributed by atoms with Crippen LogP contribution in [0.15, 0.2) is 232 Å². The minimum Gasteiger partial charge on any atom is -0.289 e. The minimum absolute atomic E-state index is 0.0153. The van der Waals surface area contributed by atoms with E-state index >= 15 is 0 Å². The zero-order chi connectivity index (χ0) is 40.0. The molecule has 0 spiro atoms. The quantitative estimate of drug-likeness (QED) is 0.0897. The van der Waals surface area contributed by atoms with Gasteiger partial charge in [0.2, 0.25) is 0 Å². The maximum Gasteiger partial charge on any atom is 0.193 e. The molecular weight excluding hydrogens is 875 g/mol. The highest BCUT2D eigenvalue weighted by atomic mass is 35.5. The molecule has 0 heterocycles. The van der Waals surface area contributed by atoms with E-state index in [9.17, 15) is 4.79 Å². The van der Waals surface area contributed by atoms with Gasteiger partial charge < -0.3 is 0 Å². The van der Waals surface area contributed by atoms with Gasteiger partial charge in [-0.05, 0) is 157 Å². The monoisotopic (exact) mass is 903 g/mol. The summed E-state index contributed by atoms with van der Waals surface area (Å²) >= 11 is 30.8. The van der Waals surface area contributed by atoms with Crippen LogP contribution in [0.5, 0.6) is 0 Å². The van der Waals surface area contributed by atoms with Gasteiger partial charge in [-0.1, -0.05) is 124 Å². The summed E-state index contributed by atoms with van der Waals surface area (Å²) in [4.78, 5) is 23.0. The molecular formula is C49H31Cl4OS4+. The molecule has 0 aromatic heterocycles. The van der Waals surface area contributed by atoms with Crippen LogP contribution in [0, 0.1) is 0 Å². The third-order valence-corrected chi connectivity index (χ3v) is 15.8. The molecule has 0 saturated carbocycles. The molecule has 0 fully saturated rings. The fraction of sp³-hybridized carbons (Fsp3) is 0. The number of ketones is 1. The normalized spacial score (nSPS) is 11.2. The average molecular weight is 906 g/mol. The van der Waals surface area contributed by atoms with E-state index in [1.165, 1.54) is 4.90 Å². The van der Waals surface area contributed by atoms with Crippen LogP contribution in [-0.4, -0.2) is 5.78 Å². The Hall–Kier alpha value is -4.01. The first-order valence-corrected chi connectivity index (χ1v) is 23.2. The Morgan fingerprint density at radius 2 is 0.776 bits per heavy atom. The van der Waals surface area contributed by atoms with Crippen molar-refractivity contribution in [2.45, 2.75) is 44.1 Å². The second kappa shape index (κ2) is 18.9. The van der Waals surface area contributed by atoms with Crippen LogP contribution in [0.25, 0.3) is 11.1 Å². The first kappa shape index (κ1) is 40.8. The van der Waals surface area contributed by atoms with Crippen molar-refractivity contribution in [3.63, 3.8) is 0 Å². The zero-order valence-electron chi connectivity index (χ0n) is 30.5. The predicted molar refractivity (Wildman–Crippen MR) is 249 cm³/mol. The molecule has 0 unspecified atom stereocenters. The third-order valence-electron chi connectivity index (χ3n) is 9.02. The van der Waals surface area contributed by atoms with E-state index in [4.69, 9.17) is 46.4 Å². The topological polar surface area (TPSA) is 17.1 Å². The number of carbonyl (C=O) groups excluding carboxylic acids is 1. The summed E-state index contributed by atoms with van der Waals surface area (Å²) in [6, 6.07) is 62.6. The maximum atomic E-state index is 13.0. The van der Waals surface area contributed by atoms with Crippen molar-refractivity contribution in [3.8, 4) is 11.1 Å². The summed E-state index contributed by atoms with van der Waals surface area (Å²) in [6.45, 7) is 0. The van der Waals surface area contributed by atoms with Gasteiger partial charge in [-0.15, -0.1) is 0 Å². The van der Waals surface area contributed by atoms with Crippen molar-refractivity contribution in [1.82, 2.24) is 0 Å². The van der Waals surface area contributed by atoms with Crippen molar-refractivity contribution < 1.29 is 4.79 Å². The zero-order valence-corrected chi connectivity index (χ0v) is 36.7. The number of benzene rings is 8. The van der Waals surface area contributed by atoms with Crippen LogP contribution >= 0.6 is 81.7 Å². The molecule has 1 nitrogen and oxygen atoms in total. The average Bonchev–Trinajstić information content (AvgIpc) is 3.25. The molecule has 0 bridgehead atoms. The predicted octanol–water partition coefficient (Wildman–Crippen LogP) is 16.7. The van der Waals surface area contributed by atoms with Crippen LogP contribution < -0.4 is 0 Å². The molecule has 0 aliphatic heterocycles. The van der Waals surface area contributed by atoms with Crippen molar-refractivity contribution in [3.05, 3.63) is 219 Å². The third kappa shape index (κ3) is 9.88. The fourth-order valence-electron chi connectivity index (χ4n) is 6.17. The first-order valence-electron chi connectivity index (χ1n) is 18.0. The molecule has 0 N–H and O–H groups in total. The number of carbonyl (C=O) groups is 1. The Kier molecular flexibility index (Phi) is 13.3.